The highest BCUT2D eigenvalue weighted by Crippen LogP contribution is 2.28. The molecule has 0 spiro atoms. The molecule has 1 aliphatic rings. The van der Waals surface area contributed by atoms with Gasteiger partial charge in [0.2, 0.25) is 11.2 Å². The van der Waals surface area contributed by atoms with E-state index in [2.05, 4.69) is 25.4 Å². The van der Waals surface area contributed by atoms with Crippen molar-refractivity contribution in [1.29, 1.82) is 0 Å². The van der Waals surface area contributed by atoms with E-state index < -0.39 is 0 Å². The number of aromatic amines is 1. The van der Waals surface area contributed by atoms with Gasteiger partial charge in [-0.2, -0.15) is 4.98 Å². The Hall–Kier alpha value is -1.53. The van der Waals surface area contributed by atoms with Crippen LogP contribution in [0.5, 0.6) is 0 Å². The number of anilines is 1. The van der Waals surface area contributed by atoms with Gasteiger partial charge in [-0.25, -0.2) is 0 Å². The molecule has 0 atom stereocenters. The molecule has 6 nitrogen and oxygen atoms in total. The number of furan rings is 1. The van der Waals surface area contributed by atoms with E-state index in [1.165, 1.54) is 0 Å². The summed E-state index contributed by atoms with van der Waals surface area (Å²) in [6, 6.07) is 1.78. The van der Waals surface area contributed by atoms with Gasteiger partial charge in [0.15, 0.2) is 5.82 Å². The number of nitrogens with one attached hydrogen (secondary N) is 2. The SMILES string of the molecule is CNCC1CCN(c2n[nH]c(-c3ccoc3Cl)n2)CC1. The zero-order valence-corrected chi connectivity index (χ0v) is 12.2. The Morgan fingerprint density at radius 1 is 1.50 bits per heavy atom. The Balaban J connectivity index is 1.68. The molecule has 0 saturated carbocycles. The topological polar surface area (TPSA) is 70.0 Å². The number of halogens is 1. The predicted octanol–water partition coefficient (Wildman–Crippen LogP) is 2.15. The average molecular weight is 296 g/mol. The fourth-order valence-electron chi connectivity index (χ4n) is 2.60. The van der Waals surface area contributed by atoms with Crippen LogP contribution in [0, 0.1) is 5.92 Å². The van der Waals surface area contributed by atoms with Crippen LogP contribution in [0.3, 0.4) is 0 Å². The normalized spacial score (nSPS) is 16.8. The Morgan fingerprint density at radius 2 is 2.30 bits per heavy atom. The van der Waals surface area contributed by atoms with E-state index in [1.807, 2.05) is 7.05 Å². The maximum Gasteiger partial charge on any atom is 0.245 e. The molecule has 108 valence electrons. The number of piperidine rings is 1. The quantitative estimate of drug-likeness (QED) is 0.904. The van der Waals surface area contributed by atoms with Crippen molar-refractivity contribution >= 4 is 17.5 Å². The van der Waals surface area contributed by atoms with E-state index in [0.29, 0.717) is 11.0 Å². The molecule has 2 aromatic heterocycles. The van der Waals surface area contributed by atoms with E-state index in [1.54, 1.807) is 12.3 Å². The Morgan fingerprint density at radius 3 is 2.95 bits per heavy atom. The summed E-state index contributed by atoms with van der Waals surface area (Å²) >= 11 is 5.95. The minimum absolute atomic E-state index is 0.334. The zero-order valence-electron chi connectivity index (χ0n) is 11.4. The first-order valence-corrected chi connectivity index (χ1v) is 7.21. The molecule has 7 heteroatoms. The van der Waals surface area contributed by atoms with Crippen molar-refractivity contribution in [3.8, 4) is 11.4 Å². The van der Waals surface area contributed by atoms with Crippen LogP contribution >= 0.6 is 11.6 Å². The second-order valence-corrected chi connectivity index (χ2v) is 5.42. The van der Waals surface area contributed by atoms with Gasteiger partial charge in [-0.1, -0.05) is 0 Å². The van der Waals surface area contributed by atoms with Crippen LogP contribution in [0.15, 0.2) is 16.7 Å². The van der Waals surface area contributed by atoms with Gasteiger partial charge in [0, 0.05) is 13.1 Å². The lowest BCUT2D eigenvalue weighted by Crippen LogP contribution is -2.37. The first-order chi connectivity index (χ1) is 9.78. The molecular weight excluding hydrogens is 278 g/mol. The van der Waals surface area contributed by atoms with Gasteiger partial charge in [-0.15, -0.1) is 5.10 Å². The first kappa shape index (κ1) is 13.5. The van der Waals surface area contributed by atoms with Gasteiger partial charge in [-0.05, 0) is 50.0 Å². The third kappa shape index (κ3) is 2.66. The molecule has 0 aliphatic carbocycles. The third-order valence-corrected chi connectivity index (χ3v) is 4.03. The highest BCUT2D eigenvalue weighted by atomic mass is 35.5. The molecule has 1 saturated heterocycles. The fourth-order valence-corrected chi connectivity index (χ4v) is 2.81. The summed E-state index contributed by atoms with van der Waals surface area (Å²) in [5.74, 6) is 2.13. The van der Waals surface area contributed by atoms with E-state index in [9.17, 15) is 0 Å². The zero-order chi connectivity index (χ0) is 13.9. The van der Waals surface area contributed by atoms with Crippen molar-refractivity contribution < 1.29 is 4.42 Å². The minimum Gasteiger partial charge on any atom is -0.452 e. The van der Waals surface area contributed by atoms with Crippen molar-refractivity contribution in [1.82, 2.24) is 20.5 Å². The second-order valence-electron chi connectivity index (χ2n) is 5.08. The number of H-pyrrole nitrogens is 1. The summed E-state index contributed by atoms with van der Waals surface area (Å²) in [7, 11) is 2.00. The molecule has 20 heavy (non-hydrogen) atoms. The lowest BCUT2D eigenvalue weighted by atomic mass is 9.97. The van der Waals surface area contributed by atoms with E-state index in [-0.39, 0.29) is 0 Å². The third-order valence-electron chi connectivity index (χ3n) is 3.74. The Kier molecular flexibility index (Phi) is 3.93. The lowest BCUT2D eigenvalue weighted by molar-refractivity contribution is 0.391. The highest BCUT2D eigenvalue weighted by Gasteiger charge is 2.22. The molecule has 2 N–H and O–H groups in total. The maximum absolute atomic E-state index is 5.95. The van der Waals surface area contributed by atoms with Gasteiger partial charge < -0.3 is 14.6 Å². The summed E-state index contributed by atoms with van der Waals surface area (Å²) in [5, 5.41) is 10.8. The summed E-state index contributed by atoms with van der Waals surface area (Å²) < 4.78 is 5.07. The van der Waals surface area contributed by atoms with Crippen LogP contribution < -0.4 is 10.2 Å². The largest absolute Gasteiger partial charge is 0.452 e. The van der Waals surface area contributed by atoms with E-state index in [0.717, 1.165) is 49.9 Å². The molecule has 0 unspecified atom stereocenters. The summed E-state index contributed by atoms with van der Waals surface area (Å²) in [6.45, 7) is 3.06. The second kappa shape index (κ2) is 5.85. The number of hydrogen-bond acceptors (Lipinski definition) is 5. The number of rotatable bonds is 4. The van der Waals surface area contributed by atoms with Crippen molar-refractivity contribution in [2.45, 2.75) is 12.8 Å². The van der Waals surface area contributed by atoms with Gasteiger partial charge >= 0.3 is 0 Å². The fraction of sp³-hybridized carbons (Fsp3) is 0.538. The van der Waals surface area contributed by atoms with Gasteiger partial charge in [0.25, 0.3) is 0 Å². The average Bonchev–Trinajstić information content (AvgIpc) is 3.08. The molecule has 0 aromatic carbocycles. The number of nitrogens with zero attached hydrogens (tertiary/aromatic N) is 3. The van der Waals surface area contributed by atoms with Crippen LogP contribution in [0.25, 0.3) is 11.4 Å². The number of hydrogen-bond donors (Lipinski definition) is 2. The first-order valence-electron chi connectivity index (χ1n) is 6.83. The summed E-state index contributed by atoms with van der Waals surface area (Å²) in [5.41, 5.74) is 0.746. The predicted molar refractivity (Wildman–Crippen MR) is 78.0 cm³/mol. The lowest BCUT2D eigenvalue weighted by Gasteiger charge is -2.30. The molecule has 1 aliphatic heterocycles. The van der Waals surface area contributed by atoms with Crippen molar-refractivity contribution in [3.63, 3.8) is 0 Å². The molecule has 3 rings (SSSR count). The monoisotopic (exact) mass is 295 g/mol. The molecule has 0 amide bonds. The molecule has 3 heterocycles. The maximum atomic E-state index is 5.95. The van der Waals surface area contributed by atoms with Crippen molar-refractivity contribution in [3.05, 3.63) is 17.5 Å². The molecule has 0 radical (unpaired) electrons. The van der Waals surface area contributed by atoms with Crippen LogP contribution in [-0.4, -0.2) is 41.9 Å². The van der Waals surface area contributed by atoms with Gasteiger partial charge in [0.1, 0.15) is 0 Å². The van der Waals surface area contributed by atoms with Crippen LogP contribution in [0.1, 0.15) is 12.8 Å². The van der Waals surface area contributed by atoms with Crippen LogP contribution in [0.2, 0.25) is 5.22 Å². The van der Waals surface area contributed by atoms with Crippen molar-refractivity contribution in [2.75, 3.05) is 31.6 Å². The standard InChI is InChI=1S/C13H18ClN5O/c1-15-8-9-2-5-19(6-3-9)13-16-12(17-18-13)10-4-7-20-11(10)14/h4,7,9,15H,2-3,5-6,8H2,1H3,(H,16,17,18). The molecule has 0 bridgehead atoms. The highest BCUT2D eigenvalue weighted by molar-refractivity contribution is 6.31. The van der Waals surface area contributed by atoms with E-state index >= 15 is 0 Å². The Bertz CT molecular complexity index is 559. The molecule has 1 fully saturated rings. The Labute approximate surface area is 122 Å². The van der Waals surface area contributed by atoms with Crippen LogP contribution in [0.4, 0.5) is 5.95 Å². The minimum atomic E-state index is 0.334. The van der Waals surface area contributed by atoms with Gasteiger partial charge in [0.05, 0.1) is 11.8 Å². The molecule has 2 aromatic rings. The van der Waals surface area contributed by atoms with Crippen molar-refractivity contribution in [2.24, 2.45) is 5.92 Å². The molecular formula is C13H18ClN5O. The number of aromatic nitrogens is 3. The summed E-state index contributed by atoms with van der Waals surface area (Å²) in [6.07, 6.45) is 3.87. The van der Waals surface area contributed by atoms with Crippen LogP contribution in [-0.2, 0) is 0 Å². The smallest absolute Gasteiger partial charge is 0.245 e. The van der Waals surface area contributed by atoms with E-state index in [4.69, 9.17) is 16.0 Å². The van der Waals surface area contributed by atoms with Gasteiger partial charge in [-0.3, -0.25) is 5.10 Å². The summed E-state index contributed by atoms with van der Waals surface area (Å²) in [4.78, 5) is 6.72.